The van der Waals surface area contributed by atoms with E-state index >= 15 is 0 Å². The lowest BCUT2D eigenvalue weighted by Crippen LogP contribution is -2.25. The number of para-hydroxylation sites is 1. The zero-order valence-electron chi connectivity index (χ0n) is 11.4. The molecule has 3 rings (SSSR count). The van der Waals surface area contributed by atoms with Gasteiger partial charge in [-0.2, -0.15) is 0 Å². The van der Waals surface area contributed by atoms with Crippen LogP contribution in [0.4, 0.5) is 5.69 Å². The van der Waals surface area contributed by atoms with E-state index in [4.69, 9.17) is 11.5 Å². The van der Waals surface area contributed by atoms with Crippen LogP contribution in [0.15, 0.2) is 30.3 Å². The van der Waals surface area contributed by atoms with Gasteiger partial charge in [-0.25, -0.2) is 4.98 Å². The average Bonchev–Trinajstić information content (AvgIpc) is 2.82. The van der Waals surface area contributed by atoms with Crippen molar-refractivity contribution in [2.75, 3.05) is 18.8 Å². The minimum atomic E-state index is -0.159. The predicted octanol–water partition coefficient (Wildman–Crippen LogP) is 2.11. The molecule has 0 aliphatic heterocycles. The highest BCUT2D eigenvalue weighted by Gasteiger charge is 2.17. The summed E-state index contributed by atoms with van der Waals surface area (Å²) in [5.74, 6) is -0.159. The maximum absolute atomic E-state index is 12.2. The van der Waals surface area contributed by atoms with Gasteiger partial charge in [0.1, 0.15) is 9.71 Å². The summed E-state index contributed by atoms with van der Waals surface area (Å²) in [4.78, 5) is 18.0. The van der Waals surface area contributed by atoms with Crippen molar-refractivity contribution >= 4 is 44.1 Å². The second-order valence-corrected chi connectivity index (χ2v) is 5.78. The van der Waals surface area contributed by atoms with Crippen LogP contribution >= 0.6 is 11.3 Å². The van der Waals surface area contributed by atoms with Crippen LogP contribution in [0.2, 0.25) is 0 Å². The lowest BCUT2D eigenvalue weighted by Gasteiger charge is -2.02. The van der Waals surface area contributed by atoms with Crippen LogP contribution in [0.1, 0.15) is 16.1 Å². The number of hydrogen-bond acceptors (Lipinski definition) is 5. The Morgan fingerprint density at radius 1 is 1.33 bits per heavy atom. The molecule has 2 heterocycles. The van der Waals surface area contributed by atoms with Gasteiger partial charge in [-0.3, -0.25) is 4.79 Å². The first-order valence-corrected chi connectivity index (χ1v) is 7.58. The Labute approximate surface area is 126 Å². The summed E-state index contributed by atoms with van der Waals surface area (Å²) in [7, 11) is 0. The molecule has 21 heavy (non-hydrogen) atoms. The van der Waals surface area contributed by atoms with Crippen molar-refractivity contribution in [3.63, 3.8) is 0 Å². The zero-order valence-corrected chi connectivity index (χ0v) is 12.2. The molecule has 0 aliphatic rings. The predicted molar refractivity (Wildman–Crippen MR) is 87.5 cm³/mol. The molecule has 0 unspecified atom stereocenters. The van der Waals surface area contributed by atoms with Gasteiger partial charge < -0.3 is 16.8 Å². The molecular formula is C15H16N4OS. The van der Waals surface area contributed by atoms with Crippen molar-refractivity contribution in [2.24, 2.45) is 5.73 Å². The second kappa shape index (κ2) is 5.67. The Balaban J connectivity index is 2.02. The number of thiophene rings is 1. The quantitative estimate of drug-likeness (QED) is 0.643. The highest BCUT2D eigenvalue weighted by atomic mass is 32.1. The van der Waals surface area contributed by atoms with Gasteiger partial charge in [0, 0.05) is 17.3 Å². The van der Waals surface area contributed by atoms with Gasteiger partial charge in [0.15, 0.2) is 0 Å². The maximum Gasteiger partial charge on any atom is 0.263 e. The third kappa shape index (κ3) is 2.55. The number of rotatable bonds is 4. The van der Waals surface area contributed by atoms with Crippen molar-refractivity contribution in [1.82, 2.24) is 10.3 Å². The first-order chi connectivity index (χ1) is 10.2. The lowest BCUT2D eigenvalue weighted by molar-refractivity contribution is 0.0958. The van der Waals surface area contributed by atoms with Gasteiger partial charge in [-0.15, -0.1) is 11.3 Å². The molecular weight excluding hydrogens is 284 g/mol. The lowest BCUT2D eigenvalue weighted by atomic mass is 10.1. The molecule has 0 spiro atoms. The molecule has 1 aromatic carbocycles. The number of amides is 1. The van der Waals surface area contributed by atoms with Crippen LogP contribution in [0.5, 0.6) is 0 Å². The minimum Gasteiger partial charge on any atom is -0.397 e. The number of carbonyl (C=O) groups excluding carboxylic acids is 1. The molecule has 0 saturated heterocycles. The molecule has 2 aromatic heterocycles. The Bertz CT molecular complexity index is 812. The number of nitrogens with zero attached hydrogens (tertiary/aromatic N) is 1. The molecule has 0 atom stereocenters. The van der Waals surface area contributed by atoms with Crippen LogP contribution in [0.25, 0.3) is 21.1 Å². The third-order valence-corrected chi connectivity index (χ3v) is 4.41. The fraction of sp³-hybridized carbons (Fsp3) is 0.200. The second-order valence-electron chi connectivity index (χ2n) is 4.78. The van der Waals surface area contributed by atoms with Gasteiger partial charge >= 0.3 is 0 Å². The number of nitrogens with two attached hydrogens (primary N) is 2. The van der Waals surface area contributed by atoms with E-state index in [1.807, 2.05) is 30.3 Å². The molecule has 0 bridgehead atoms. The number of pyridine rings is 1. The number of benzene rings is 1. The van der Waals surface area contributed by atoms with E-state index in [-0.39, 0.29) is 5.91 Å². The van der Waals surface area contributed by atoms with E-state index in [2.05, 4.69) is 10.3 Å². The van der Waals surface area contributed by atoms with Gasteiger partial charge in [0.2, 0.25) is 0 Å². The monoisotopic (exact) mass is 300 g/mol. The number of fused-ring (bicyclic) bond motifs is 2. The molecule has 0 fully saturated rings. The maximum atomic E-state index is 12.2. The van der Waals surface area contributed by atoms with Gasteiger partial charge in [0.05, 0.1) is 11.2 Å². The van der Waals surface area contributed by atoms with Gasteiger partial charge in [0.25, 0.3) is 5.91 Å². The van der Waals surface area contributed by atoms with Gasteiger partial charge in [-0.05, 0) is 25.1 Å². The largest absolute Gasteiger partial charge is 0.397 e. The van der Waals surface area contributed by atoms with E-state index in [1.54, 1.807) is 0 Å². The molecule has 0 saturated carbocycles. The van der Waals surface area contributed by atoms with Crippen molar-refractivity contribution in [2.45, 2.75) is 6.42 Å². The van der Waals surface area contributed by atoms with Crippen LogP contribution in [0, 0.1) is 0 Å². The molecule has 5 N–H and O–H groups in total. The fourth-order valence-corrected chi connectivity index (χ4v) is 3.20. The summed E-state index contributed by atoms with van der Waals surface area (Å²) in [5, 5.41) is 4.68. The standard InChI is InChI=1S/C15H16N4OS/c16-6-3-7-18-14(20)13-12(17)10-8-9-4-1-2-5-11(9)19-15(10)21-13/h1-2,4-5,8H,3,6-7,16-17H2,(H,18,20). The fourth-order valence-electron chi connectivity index (χ4n) is 2.20. The zero-order chi connectivity index (χ0) is 14.8. The van der Waals surface area contributed by atoms with Crippen molar-refractivity contribution in [3.05, 3.63) is 35.2 Å². The summed E-state index contributed by atoms with van der Waals surface area (Å²) in [6.45, 7) is 1.10. The van der Waals surface area contributed by atoms with Crippen LogP contribution < -0.4 is 16.8 Å². The molecule has 0 aliphatic carbocycles. The molecule has 108 valence electrons. The topological polar surface area (TPSA) is 94.0 Å². The van der Waals surface area contributed by atoms with Gasteiger partial charge in [-0.1, -0.05) is 18.2 Å². The first kappa shape index (κ1) is 13.8. The highest BCUT2D eigenvalue weighted by Crippen LogP contribution is 2.34. The van der Waals surface area contributed by atoms with Crippen LogP contribution in [0.3, 0.4) is 0 Å². The van der Waals surface area contributed by atoms with E-state index in [1.165, 1.54) is 11.3 Å². The average molecular weight is 300 g/mol. The van der Waals surface area contributed by atoms with Crippen molar-refractivity contribution in [1.29, 1.82) is 0 Å². The van der Waals surface area contributed by atoms with Crippen molar-refractivity contribution in [3.8, 4) is 0 Å². The smallest absolute Gasteiger partial charge is 0.263 e. The number of anilines is 1. The molecule has 0 radical (unpaired) electrons. The minimum absolute atomic E-state index is 0.159. The number of nitrogen functional groups attached to an aromatic ring is 1. The van der Waals surface area contributed by atoms with E-state index in [0.717, 1.165) is 27.5 Å². The summed E-state index contributed by atoms with van der Waals surface area (Å²) in [6.07, 6.45) is 0.749. The first-order valence-electron chi connectivity index (χ1n) is 6.76. The number of carbonyl (C=O) groups is 1. The molecule has 5 nitrogen and oxygen atoms in total. The number of hydrogen-bond donors (Lipinski definition) is 3. The summed E-state index contributed by atoms with van der Waals surface area (Å²) >= 11 is 1.33. The van der Waals surface area contributed by atoms with Crippen molar-refractivity contribution < 1.29 is 4.79 Å². The highest BCUT2D eigenvalue weighted by molar-refractivity contribution is 7.21. The SMILES string of the molecule is NCCCNC(=O)c1sc2nc3ccccc3cc2c1N. The van der Waals surface area contributed by atoms with E-state index < -0.39 is 0 Å². The normalized spacial score (nSPS) is 11.1. The Morgan fingerprint density at radius 2 is 2.14 bits per heavy atom. The number of nitrogens with one attached hydrogen (secondary N) is 1. The molecule has 1 amide bonds. The van der Waals surface area contributed by atoms with E-state index in [0.29, 0.717) is 23.7 Å². The Morgan fingerprint density at radius 3 is 2.95 bits per heavy atom. The Hall–Kier alpha value is -2.18. The van der Waals surface area contributed by atoms with Crippen LogP contribution in [-0.4, -0.2) is 24.0 Å². The summed E-state index contributed by atoms with van der Waals surface area (Å²) in [5.41, 5.74) is 12.9. The number of aromatic nitrogens is 1. The molecule has 6 heteroatoms. The summed E-state index contributed by atoms with van der Waals surface area (Å²) in [6, 6.07) is 9.82. The van der Waals surface area contributed by atoms with E-state index in [9.17, 15) is 4.79 Å². The third-order valence-electron chi connectivity index (χ3n) is 3.30. The Kier molecular flexibility index (Phi) is 3.72. The van der Waals surface area contributed by atoms with Crippen LogP contribution in [-0.2, 0) is 0 Å². The summed E-state index contributed by atoms with van der Waals surface area (Å²) < 4.78 is 0. The molecule has 3 aromatic rings.